The molecule has 0 aliphatic carbocycles. The molecule has 6 aromatic rings. The summed E-state index contributed by atoms with van der Waals surface area (Å²) in [7, 11) is 0. The highest BCUT2D eigenvalue weighted by Gasteiger charge is 2.12. The normalized spacial score (nSPS) is 11.9. The summed E-state index contributed by atoms with van der Waals surface area (Å²) in [6.07, 6.45) is 0. The smallest absolute Gasteiger partial charge is 0.0433 e. The van der Waals surface area contributed by atoms with E-state index in [1.165, 1.54) is 57.0 Å². The van der Waals surface area contributed by atoms with Crippen molar-refractivity contribution in [1.82, 2.24) is 0 Å². The van der Waals surface area contributed by atoms with E-state index in [2.05, 4.69) is 85.8 Å². The summed E-state index contributed by atoms with van der Waals surface area (Å²) >= 11 is 3.78. The molecule has 2 aromatic heterocycles. The molecule has 0 atom stereocenters. The maximum absolute atomic E-state index is 2.38. The molecule has 2 heteroatoms. The molecule has 4 aromatic carbocycles. The van der Waals surface area contributed by atoms with Gasteiger partial charge in [0.2, 0.25) is 0 Å². The number of rotatable bonds is 1. The molecule has 0 fully saturated rings. The molecule has 0 aliphatic heterocycles. The highest BCUT2D eigenvalue weighted by atomic mass is 32.1. The predicted octanol–water partition coefficient (Wildman–Crippen LogP) is 8.40. The molecule has 0 amide bonds. The molecule has 0 unspecified atom stereocenters. The fourth-order valence-electron chi connectivity index (χ4n) is 4.03. The van der Waals surface area contributed by atoms with Crippen LogP contribution in [0.25, 0.3) is 51.5 Å². The van der Waals surface area contributed by atoms with Crippen LogP contribution in [0.5, 0.6) is 0 Å². The maximum Gasteiger partial charge on any atom is 0.0433 e. The minimum atomic E-state index is 1.31. The van der Waals surface area contributed by atoms with Crippen molar-refractivity contribution >= 4 is 63.0 Å². The summed E-state index contributed by atoms with van der Waals surface area (Å²) in [5.41, 5.74) is 3.96. The van der Waals surface area contributed by atoms with Gasteiger partial charge in [-0.05, 0) is 48.4 Å². The van der Waals surface area contributed by atoms with Gasteiger partial charge >= 0.3 is 0 Å². The van der Waals surface area contributed by atoms with Crippen molar-refractivity contribution in [2.75, 3.05) is 0 Å². The first-order valence-electron chi connectivity index (χ1n) is 9.11. The second-order valence-electron chi connectivity index (χ2n) is 7.09. The third-order valence-electron chi connectivity index (χ3n) is 5.34. The number of fused-ring (bicyclic) bond motifs is 6. The Balaban J connectivity index is 1.67. The lowest BCUT2D eigenvalue weighted by Gasteiger charge is -2.04. The molecule has 2 heterocycles. The van der Waals surface area contributed by atoms with Gasteiger partial charge in [-0.3, -0.25) is 0 Å². The van der Waals surface area contributed by atoms with Crippen LogP contribution in [0.15, 0.2) is 78.9 Å². The van der Waals surface area contributed by atoms with Crippen molar-refractivity contribution in [1.29, 1.82) is 0 Å². The number of benzene rings is 4. The van der Waals surface area contributed by atoms with Gasteiger partial charge in [0.05, 0.1) is 0 Å². The fourth-order valence-corrected chi connectivity index (χ4v) is 6.34. The average molecular weight is 381 g/mol. The van der Waals surface area contributed by atoms with E-state index in [9.17, 15) is 0 Å². The Hall–Kier alpha value is -2.68. The number of hydrogen-bond donors (Lipinski definition) is 0. The molecule has 0 bridgehead atoms. The molecule has 0 saturated carbocycles. The molecule has 0 aliphatic rings. The maximum atomic E-state index is 2.38. The zero-order chi connectivity index (χ0) is 18.0. The summed E-state index contributed by atoms with van der Waals surface area (Å²) in [4.78, 5) is 0. The molecular formula is C25H16S2. The largest absolute Gasteiger partial charge is 0.135 e. The van der Waals surface area contributed by atoms with Gasteiger partial charge < -0.3 is 0 Å². The highest BCUT2D eigenvalue weighted by Crippen LogP contribution is 2.42. The van der Waals surface area contributed by atoms with Gasteiger partial charge in [0, 0.05) is 40.3 Å². The van der Waals surface area contributed by atoms with E-state index in [4.69, 9.17) is 0 Å². The Bertz CT molecular complexity index is 1480. The number of aryl methyl sites for hydroxylation is 1. The minimum Gasteiger partial charge on any atom is -0.135 e. The Kier molecular flexibility index (Phi) is 3.22. The molecule has 0 spiro atoms. The number of thiophene rings is 2. The molecule has 27 heavy (non-hydrogen) atoms. The third kappa shape index (κ3) is 2.27. The van der Waals surface area contributed by atoms with Gasteiger partial charge in [-0.2, -0.15) is 0 Å². The lowest BCUT2D eigenvalue weighted by Crippen LogP contribution is -1.78. The molecule has 6 rings (SSSR count). The van der Waals surface area contributed by atoms with Crippen LogP contribution in [0.4, 0.5) is 0 Å². The van der Waals surface area contributed by atoms with E-state index < -0.39 is 0 Å². The summed E-state index contributed by atoms with van der Waals surface area (Å²) in [6.45, 7) is 2.17. The predicted molar refractivity (Wildman–Crippen MR) is 122 cm³/mol. The zero-order valence-electron chi connectivity index (χ0n) is 14.8. The lowest BCUT2D eigenvalue weighted by atomic mass is 10.0. The van der Waals surface area contributed by atoms with Crippen LogP contribution >= 0.6 is 22.7 Å². The average Bonchev–Trinajstić information content (AvgIpc) is 3.25. The van der Waals surface area contributed by atoms with E-state index in [0.29, 0.717) is 0 Å². The van der Waals surface area contributed by atoms with Gasteiger partial charge in [-0.15, -0.1) is 22.7 Å². The summed E-state index contributed by atoms with van der Waals surface area (Å²) in [5.74, 6) is 0. The van der Waals surface area contributed by atoms with Crippen molar-refractivity contribution in [3.63, 3.8) is 0 Å². The van der Waals surface area contributed by atoms with Gasteiger partial charge in [-0.1, -0.05) is 54.1 Å². The van der Waals surface area contributed by atoms with Crippen LogP contribution < -0.4 is 0 Å². The van der Waals surface area contributed by atoms with Crippen LogP contribution in [0.1, 0.15) is 5.56 Å². The fraction of sp³-hybridized carbons (Fsp3) is 0.0400. The van der Waals surface area contributed by atoms with Crippen LogP contribution in [-0.2, 0) is 0 Å². The van der Waals surface area contributed by atoms with Crippen LogP contribution in [0.2, 0.25) is 0 Å². The van der Waals surface area contributed by atoms with Crippen molar-refractivity contribution in [3.8, 4) is 11.1 Å². The second kappa shape index (κ2) is 5.66. The van der Waals surface area contributed by atoms with Crippen LogP contribution in [0, 0.1) is 6.92 Å². The first-order valence-corrected chi connectivity index (χ1v) is 10.7. The Morgan fingerprint density at radius 2 is 1.30 bits per heavy atom. The van der Waals surface area contributed by atoms with Crippen molar-refractivity contribution in [3.05, 3.63) is 84.4 Å². The molecule has 0 N–H and O–H groups in total. The van der Waals surface area contributed by atoms with Gasteiger partial charge in [0.15, 0.2) is 0 Å². The summed E-state index contributed by atoms with van der Waals surface area (Å²) in [6, 6.07) is 29.1. The van der Waals surface area contributed by atoms with Crippen molar-refractivity contribution < 1.29 is 0 Å². The van der Waals surface area contributed by atoms with Crippen molar-refractivity contribution in [2.45, 2.75) is 6.92 Å². The van der Waals surface area contributed by atoms with Crippen LogP contribution in [-0.4, -0.2) is 0 Å². The Morgan fingerprint density at radius 1 is 0.556 bits per heavy atom. The molecular weight excluding hydrogens is 364 g/mol. The van der Waals surface area contributed by atoms with Gasteiger partial charge in [-0.25, -0.2) is 0 Å². The monoisotopic (exact) mass is 380 g/mol. The van der Waals surface area contributed by atoms with Crippen LogP contribution in [0.3, 0.4) is 0 Å². The molecule has 0 radical (unpaired) electrons. The lowest BCUT2D eigenvalue weighted by molar-refractivity contribution is 1.52. The standard InChI is InChI=1S/C25H16S2/c1-15-9-11-23-20(13-15)21-14-16(10-12-24(21)26-23)17-6-4-7-19-18-5-2-3-8-22(18)27-25(17)19/h2-14H,1H3. The SMILES string of the molecule is Cc1ccc2sc3ccc(-c4cccc5c4sc4ccccc45)cc3c2c1. The van der Waals surface area contributed by atoms with Gasteiger partial charge in [0.25, 0.3) is 0 Å². The summed E-state index contributed by atoms with van der Waals surface area (Å²) < 4.78 is 5.47. The van der Waals surface area contributed by atoms with E-state index >= 15 is 0 Å². The Morgan fingerprint density at radius 3 is 2.22 bits per heavy atom. The number of hydrogen-bond acceptors (Lipinski definition) is 2. The highest BCUT2D eigenvalue weighted by molar-refractivity contribution is 7.26. The first-order chi connectivity index (χ1) is 13.3. The van der Waals surface area contributed by atoms with E-state index in [-0.39, 0.29) is 0 Å². The summed E-state index contributed by atoms with van der Waals surface area (Å²) in [5, 5.41) is 5.46. The molecule has 128 valence electrons. The Labute approximate surface area is 165 Å². The first kappa shape index (κ1) is 15.4. The van der Waals surface area contributed by atoms with E-state index in [1.54, 1.807) is 0 Å². The topological polar surface area (TPSA) is 0 Å². The van der Waals surface area contributed by atoms with E-state index in [0.717, 1.165) is 0 Å². The molecule has 0 saturated heterocycles. The quantitative estimate of drug-likeness (QED) is 0.269. The zero-order valence-corrected chi connectivity index (χ0v) is 16.5. The van der Waals surface area contributed by atoms with E-state index in [1.807, 2.05) is 22.7 Å². The third-order valence-corrected chi connectivity index (χ3v) is 7.71. The van der Waals surface area contributed by atoms with Crippen molar-refractivity contribution in [2.24, 2.45) is 0 Å². The minimum absolute atomic E-state index is 1.31. The van der Waals surface area contributed by atoms with Gasteiger partial charge in [0.1, 0.15) is 0 Å². The second-order valence-corrected chi connectivity index (χ2v) is 9.23. The molecule has 0 nitrogen and oxygen atoms in total.